The molecule has 6 heteroatoms. The van der Waals surface area contributed by atoms with Crippen LogP contribution in [0.1, 0.15) is 66.2 Å². The van der Waals surface area contributed by atoms with Crippen molar-refractivity contribution in [1.29, 1.82) is 0 Å². The summed E-state index contributed by atoms with van der Waals surface area (Å²) in [7, 11) is 0. The summed E-state index contributed by atoms with van der Waals surface area (Å²) in [6.07, 6.45) is 11.7. The van der Waals surface area contributed by atoms with Gasteiger partial charge in [-0.1, -0.05) is 69.4 Å². The first kappa shape index (κ1) is 31.5. The molecule has 0 aromatic rings. The summed E-state index contributed by atoms with van der Waals surface area (Å²) in [5.41, 5.74) is -0.739. The summed E-state index contributed by atoms with van der Waals surface area (Å²) < 4.78 is 0. The van der Waals surface area contributed by atoms with Gasteiger partial charge in [-0.3, -0.25) is 4.79 Å². The third kappa shape index (κ3) is 19.6. The van der Waals surface area contributed by atoms with Crippen LogP contribution in [0.2, 0.25) is 0 Å². The number of unbranched alkanes of at least 4 members (excludes halogenated alkanes) is 1. The fourth-order valence-electron chi connectivity index (χ4n) is 2.12. The van der Waals surface area contributed by atoms with Crippen LogP contribution in [0.3, 0.4) is 0 Å². The maximum atomic E-state index is 10.4. The molecule has 161 valence electrons. The molecule has 3 atom stereocenters. The summed E-state index contributed by atoms with van der Waals surface area (Å²) in [6, 6.07) is 0. The zero-order chi connectivity index (χ0) is 19.8. The Morgan fingerprint density at radius 2 is 1.79 bits per heavy atom. The van der Waals surface area contributed by atoms with Crippen molar-refractivity contribution < 1.29 is 45.6 Å². The van der Waals surface area contributed by atoms with E-state index in [4.69, 9.17) is 5.11 Å². The van der Waals surface area contributed by atoms with E-state index in [1.807, 2.05) is 0 Å². The van der Waals surface area contributed by atoms with E-state index in [1.165, 1.54) is 6.08 Å². The predicted molar refractivity (Wildman–Crippen MR) is 110 cm³/mol. The number of aliphatic hydroxyl groups excluding tert-OH is 2. The van der Waals surface area contributed by atoms with Crippen LogP contribution in [0.15, 0.2) is 36.5 Å². The van der Waals surface area contributed by atoms with Gasteiger partial charge in [-0.2, -0.15) is 0 Å². The molecule has 0 saturated carbocycles. The number of hydrogen-bond donors (Lipinski definition) is 4. The van der Waals surface area contributed by atoms with Gasteiger partial charge in [0.15, 0.2) is 0 Å². The first-order chi connectivity index (χ1) is 12.3. The third-order valence-corrected chi connectivity index (χ3v) is 3.75. The summed E-state index contributed by atoms with van der Waals surface area (Å²) in [4.78, 5) is 10.4. The van der Waals surface area contributed by atoms with Gasteiger partial charge in [-0.15, -0.1) is 0 Å². The van der Waals surface area contributed by atoms with Crippen molar-refractivity contribution in [2.24, 2.45) is 0 Å². The van der Waals surface area contributed by atoms with Crippen LogP contribution < -0.4 is 0 Å². The van der Waals surface area contributed by atoms with Crippen LogP contribution in [0, 0.1) is 11.8 Å². The number of aliphatic hydroxyl groups is 3. The molecular weight excluding hydrogens is 530 g/mol. The molecule has 0 aliphatic carbocycles. The number of carboxylic acids is 1. The van der Waals surface area contributed by atoms with Crippen molar-refractivity contribution >= 4 is 5.97 Å². The largest absolute Gasteiger partial charge is 0.481 e. The molecule has 28 heavy (non-hydrogen) atoms. The van der Waals surface area contributed by atoms with Crippen LogP contribution in [-0.2, 0) is 25.2 Å². The van der Waals surface area contributed by atoms with E-state index in [2.05, 4.69) is 18.8 Å². The van der Waals surface area contributed by atoms with Gasteiger partial charge in [0.25, 0.3) is 0 Å². The van der Waals surface area contributed by atoms with Crippen molar-refractivity contribution in [2.45, 2.75) is 84.0 Å². The number of rotatable bonds is 12. The van der Waals surface area contributed by atoms with Gasteiger partial charge in [0, 0.05) is 33.3 Å². The topological polar surface area (TPSA) is 98.0 Å². The van der Waals surface area contributed by atoms with Gasteiger partial charge in [0.1, 0.15) is 0 Å². The van der Waals surface area contributed by atoms with Crippen LogP contribution in [0.5, 0.6) is 0 Å². The van der Waals surface area contributed by atoms with Crippen molar-refractivity contribution in [3.05, 3.63) is 36.5 Å². The molecular formula is C22H36O5Re. The zero-order valence-corrected chi connectivity index (χ0v) is 18.9. The fourth-order valence-corrected chi connectivity index (χ4v) is 2.12. The van der Waals surface area contributed by atoms with Gasteiger partial charge < -0.3 is 20.4 Å². The first-order valence-corrected chi connectivity index (χ1v) is 9.07. The SMILES string of the molecule is C.CCCCC(C)(O)CC#C\C=C/C=C/C=C/[C@@H](O)[C@@H](O)CCCC(=O)O.[Re]. The normalized spacial score (nSPS) is 15.3. The van der Waals surface area contributed by atoms with E-state index in [9.17, 15) is 20.1 Å². The minimum Gasteiger partial charge on any atom is -0.481 e. The van der Waals surface area contributed by atoms with Gasteiger partial charge >= 0.3 is 5.97 Å². The third-order valence-electron chi connectivity index (χ3n) is 3.75. The van der Waals surface area contributed by atoms with Crippen molar-refractivity contribution in [3.8, 4) is 11.8 Å². The molecule has 0 amide bonds. The van der Waals surface area contributed by atoms with Gasteiger partial charge in [-0.05, 0) is 32.3 Å². The predicted octanol–water partition coefficient (Wildman–Crippen LogP) is 3.60. The number of allylic oxidation sites excluding steroid dienone is 5. The van der Waals surface area contributed by atoms with Crippen LogP contribution >= 0.6 is 0 Å². The van der Waals surface area contributed by atoms with E-state index in [1.54, 1.807) is 37.3 Å². The first-order valence-electron chi connectivity index (χ1n) is 9.07. The van der Waals surface area contributed by atoms with E-state index < -0.39 is 23.8 Å². The molecule has 0 aromatic heterocycles. The molecule has 4 N–H and O–H groups in total. The number of hydrogen-bond acceptors (Lipinski definition) is 4. The molecule has 0 aliphatic heterocycles. The quantitative estimate of drug-likeness (QED) is 0.214. The van der Waals surface area contributed by atoms with Gasteiger partial charge in [-0.25, -0.2) is 0 Å². The smallest absolute Gasteiger partial charge is 0.303 e. The molecule has 0 saturated heterocycles. The Morgan fingerprint density at radius 3 is 2.39 bits per heavy atom. The van der Waals surface area contributed by atoms with Crippen molar-refractivity contribution in [1.82, 2.24) is 0 Å². The van der Waals surface area contributed by atoms with E-state index >= 15 is 0 Å². The Bertz CT molecular complexity index is 541. The standard InChI is InChI=1S/C21H32O5.CH4.Re/c1-3-4-16-21(2,26)17-11-9-7-5-6-8-10-13-18(22)19(23)14-12-15-20(24)25;;/h5-8,10,13,18-19,22-23,26H,3-4,12,14-17H2,1-2H3,(H,24,25);1H4;/b7-5-,8-6+,13-10+;;/t18-,19+,21?;;/m1../s1. The van der Waals surface area contributed by atoms with Gasteiger partial charge in [0.05, 0.1) is 17.8 Å². The van der Waals surface area contributed by atoms with E-state index in [0.29, 0.717) is 12.8 Å². The Hall–Kier alpha value is -1.21. The molecule has 1 unspecified atom stereocenters. The maximum Gasteiger partial charge on any atom is 0.303 e. The summed E-state index contributed by atoms with van der Waals surface area (Å²) >= 11 is 0. The van der Waals surface area contributed by atoms with Gasteiger partial charge in [0.2, 0.25) is 0 Å². The molecule has 0 aromatic carbocycles. The van der Waals surface area contributed by atoms with Crippen molar-refractivity contribution in [3.63, 3.8) is 0 Å². The molecule has 0 spiro atoms. The molecule has 5 nitrogen and oxygen atoms in total. The average molecular weight is 567 g/mol. The minimum absolute atomic E-state index is 0. The van der Waals surface area contributed by atoms with Crippen LogP contribution in [0.25, 0.3) is 0 Å². The summed E-state index contributed by atoms with van der Waals surface area (Å²) in [5, 5.41) is 38.0. The summed E-state index contributed by atoms with van der Waals surface area (Å²) in [6.45, 7) is 3.89. The molecule has 0 heterocycles. The number of carboxylic acid groups (broad SMARTS) is 1. The fraction of sp³-hybridized carbons (Fsp3) is 0.591. The Balaban J connectivity index is -0.00000312. The van der Waals surface area contributed by atoms with Crippen LogP contribution in [0.4, 0.5) is 0 Å². The summed E-state index contributed by atoms with van der Waals surface area (Å²) in [5.74, 6) is 4.89. The number of aliphatic carboxylic acids is 1. The second-order valence-electron chi connectivity index (χ2n) is 6.57. The van der Waals surface area contributed by atoms with E-state index in [-0.39, 0.29) is 40.7 Å². The van der Waals surface area contributed by atoms with Crippen LogP contribution in [-0.4, -0.2) is 44.2 Å². The molecule has 0 fully saturated rings. The van der Waals surface area contributed by atoms with E-state index in [0.717, 1.165) is 19.3 Å². The number of carbonyl (C=O) groups is 1. The Morgan fingerprint density at radius 1 is 1.14 bits per heavy atom. The minimum atomic E-state index is -1.03. The second-order valence-corrected chi connectivity index (χ2v) is 6.57. The van der Waals surface area contributed by atoms with Crippen molar-refractivity contribution in [2.75, 3.05) is 0 Å². The average Bonchev–Trinajstić information content (AvgIpc) is 2.57. The molecule has 0 bridgehead atoms. The Kier molecular flexibility index (Phi) is 21.5. The zero-order valence-electron chi connectivity index (χ0n) is 16.1. The maximum absolute atomic E-state index is 10.4. The second kappa shape index (κ2) is 19.1. The monoisotopic (exact) mass is 567 g/mol. The molecule has 0 rings (SSSR count). The Labute approximate surface area is 183 Å². The molecule has 1 radical (unpaired) electrons. The molecule has 0 aliphatic rings.